The zero-order chi connectivity index (χ0) is 13.8. The highest BCUT2D eigenvalue weighted by atomic mass is 35.5. The SMILES string of the molecule is CNCc1cc(Oc2cc(F)ccc2F)ncc1Cl. The van der Waals surface area contributed by atoms with Crippen molar-refractivity contribution in [1.82, 2.24) is 10.3 Å². The van der Waals surface area contributed by atoms with Gasteiger partial charge in [-0.25, -0.2) is 13.8 Å². The lowest BCUT2D eigenvalue weighted by molar-refractivity contribution is 0.422. The number of hydrogen-bond donors (Lipinski definition) is 1. The first-order valence-electron chi connectivity index (χ1n) is 5.52. The summed E-state index contributed by atoms with van der Waals surface area (Å²) in [6.45, 7) is 0.517. The van der Waals surface area contributed by atoms with E-state index in [-0.39, 0.29) is 11.6 Å². The molecule has 0 aliphatic rings. The molecule has 19 heavy (non-hydrogen) atoms. The average molecular weight is 285 g/mol. The highest BCUT2D eigenvalue weighted by Crippen LogP contribution is 2.26. The van der Waals surface area contributed by atoms with E-state index in [0.717, 1.165) is 23.8 Å². The maximum absolute atomic E-state index is 13.4. The third kappa shape index (κ3) is 3.39. The van der Waals surface area contributed by atoms with E-state index in [1.54, 1.807) is 13.1 Å². The topological polar surface area (TPSA) is 34.1 Å². The fourth-order valence-corrected chi connectivity index (χ4v) is 1.68. The molecule has 1 N–H and O–H groups in total. The fraction of sp³-hybridized carbons (Fsp3) is 0.154. The molecule has 0 amide bonds. The van der Waals surface area contributed by atoms with Gasteiger partial charge in [-0.2, -0.15) is 0 Å². The molecule has 0 bridgehead atoms. The van der Waals surface area contributed by atoms with Gasteiger partial charge in [0.25, 0.3) is 0 Å². The van der Waals surface area contributed by atoms with Gasteiger partial charge in [0.2, 0.25) is 5.88 Å². The van der Waals surface area contributed by atoms with Crippen LogP contribution in [0.3, 0.4) is 0 Å². The van der Waals surface area contributed by atoms with Crippen molar-refractivity contribution in [2.45, 2.75) is 6.54 Å². The summed E-state index contributed by atoms with van der Waals surface area (Å²) < 4.78 is 31.7. The number of pyridine rings is 1. The van der Waals surface area contributed by atoms with Crippen molar-refractivity contribution in [3.05, 3.63) is 52.7 Å². The molecule has 2 aromatic rings. The van der Waals surface area contributed by atoms with Gasteiger partial charge in [0.15, 0.2) is 11.6 Å². The number of nitrogens with one attached hydrogen (secondary N) is 1. The Kier molecular flexibility index (Phi) is 4.29. The molecule has 0 spiro atoms. The van der Waals surface area contributed by atoms with E-state index < -0.39 is 11.6 Å². The van der Waals surface area contributed by atoms with E-state index in [2.05, 4.69) is 10.3 Å². The van der Waals surface area contributed by atoms with Gasteiger partial charge in [0.05, 0.1) is 5.02 Å². The zero-order valence-corrected chi connectivity index (χ0v) is 10.8. The van der Waals surface area contributed by atoms with Gasteiger partial charge in [-0.15, -0.1) is 0 Å². The van der Waals surface area contributed by atoms with Crippen LogP contribution in [0.25, 0.3) is 0 Å². The number of benzene rings is 1. The molecule has 1 aromatic heterocycles. The van der Waals surface area contributed by atoms with Crippen molar-refractivity contribution >= 4 is 11.6 Å². The number of halogens is 3. The Morgan fingerprint density at radius 1 is 1.32 bits per heavy atom. The summed E-state index contributed by atoms with van der Waals surface area (Å²) in [5.41, 5.74) is 0.756. The summed E-state index contributed by atoms with van der Waals surface area (Å²) >= 11 is 5.94. The first kappa shape index (κ1) is 13.7. The van der Waals surface area contributed by atoms with Gasteiger partial charge >= 0.3 is 0 Å². The van der Waals surface area contributed by atoms with E-state index in [1.165, 1.54) is 6.20 Å². The number of hydrogen-bond acceptors (Lipinski definition) is 3. The van der Waals surface area contributed by atoms with Gasteiger partial charge in [-0.1, -0.05) is 11.6 Å². The minimum absolute atomic E-state index is 0.152. The molecule has 2 rings (SSSR count). The molecule has 0 saturated carbocycles. The van der Waals surface area contributed by atoms with Gasteiger partial charge in [0.1, 0.15) is 5.82 Å². The van der Waals surface area contributed by atoms with Gasteiger partial charge < -0.3 is 10.1 Å². The van der Waals surface area contributed by atoms with Gasteiger partial charge in [-0.05, 0) is 24.7 Å². The molecule has 1 heterocycles. The first-order chi connectivity index (χ1) is 9.10. The standard InChI is InChI=1S/C13H11ClF2N2O/c1-17-6-8-4-13(18-7-10(8)14)19-12-5-9(15)2-3-11(12)16/h2-5,7,17H,6H2,1H3. The number of nitrogens with zero attached hydrogens (tertiary/aromatic N) is 1. The number of ether oxygens (including phenoxy) is 1. The van der Waals surface area contributed by atoms with Crippen molar-refractivity contribution in [2.75, 3.05) is 7.05 Å². The predicted octanol–water partition coefficient (Wildman–Crippen LogP) is 3.52. The minimum atomic E-state index is -0.659. The molecule has 1 aromatic carbocycles. The number of aromatic nitrogens is 1. The van der Waals surface area contributed by atoms with Crippen LogP contribution in [-0.4, -0.2) is 12.0 Å². The summed E-state index contributed by atoms with van der Waals surface area (Å²) in [5.74, 6) is -1.31. The van der Waals surface area contributed by atoms with Crippen LogP contribution < -0.4 is 10.1 Å². The smallest absolute Gasteiger partial charge is 0.219 e. The van der Waals surface area contributed by atoms with Crippen LogP contribution in [0.15, 0.2) is 30.5 Å². The maximum Gasteiger partial charge on any atom is 0.219 e. The molecule has 100 valence electrons. The van der Waals surface area contributed by atoms with Crippen molar-refractivity contribution in [3.8, 4) is 11.6 Å². The van der Waals surface area contributed by atoms with Crippen LogP contribution in [0.1, 0.15) is 5.56 Å². The van der Waals surface area contributed by atoms with E-state index in [1.807, 2.05) is 0 Å². The quantitative estimate of drug-likeness (QED) is 0.933. The van der Waals surface area contributed by atoms with Gasteiger partial charge in [-0.3, -0.25) is 0 Å². The lowest BCUT2D eigenvalue weighted by atomic mass is 10.2. The minimum Gasteiger partial charge on any atom is -0.436 e. The van der Waals surface area contributed by atoms with Gasteiger partial charge in [0, 0.05) is 24.9 Å². The van der Waals surface area contributed by atoms with Crippen LogP contribution in [-0.2, 0) is 6.54 Å². The molecule has 0 aliphatic carbocycles. The van der Waals surface area contributed by atoms with Crippen LogP contribution in [0.4, 0.5) is 8.78 Å². The fourth-order valence-electron chi connectivity index (χ4n) is 1.51. The summed E-state index contributed by atoms with van der Waals surface area (Å²) in [4.78, 5) is 3.92. The second-order valence-electron chi connectivity index (χ2n) is 3.82. The summed E-state index contributed by atoms with van der Waals surface area (Å²) in [6.07, 6.45) is 1.40. The van der Waals surface area contributed by atoms with Crippen molar-refractivity contribution in [1.29, 1.82) is 0 Å². The molecule has 0 unspecified atom stereocenters. The lowest BCUT2D eigenvalue weighted by Crippen LogP contribution is -2.06. The maximum atomic E-state index is 13.4. The van der Waals surface area contributed by atoms with E-state index in [4.69, 9.17) is 16.3 Å². The molecule has 0 saturated heterocycles. The highest BCUT2D eigenvalue weighted by molar-refractivity contribution is 6.31. The van der Waals surface area contributed by atoms with Crippen LogP contribution >= 0.6 is 11.6 Å². The zero-order valence-electron chi connectivity index (χ0n) is 10.1. The van der Waals surface area contributed by atoms with E-state index >= 15 is 0 Å². The number of rotatable bonds is 4. The van der Waals surface area contributed by atoms with E-state index in [0.29, 0.717) is 11.6 Å². The van der Waals surface area contributed by atoms with Crippen molar-refractivity contribution in [3.63, 3.8) is 0 Å². The normalized spacial score (nSPS) is 10.5. The summed E-state index contributed by atoms with van der Waals surface area (Å²) in [7, 11) is 1.77. The molecular formula is C13H11ClF2N2O. The summed E-state index contributed by atoms with van der Waals surface area (Å²) in [6, 6.07) is 4.55. The lowest BCUT2D eigenvalue weighted by Gasteiger charge is -2.08. The Morgan fingerprint density at radius 2 is 2.11 bits per heavy atom. The highest BCUT2D eigenvalue weighted by Gasteiger charge is 2.09. The van der Waals surface area contributed by atoms with Crippen molar-refractivity contribution < 1.29 is 13.5 Å². The van der Waals surface area contributed by atoms with Crippen LogP contribution in [0.5, 0.6) is 11.6 Å². The summed E-state index contributed by atoms with van der Waals surface area (Å²) in [5, 5.41) is 3.41. The van der Waals surface area contributed by atoms with Crippen LogP contribution in [0, 0.1) is 11.6 Å². The Hall–Kier alpha value is -1.72. The average Bonchev–Trinajstić information content (AvgIpc) is 2.38. The first-order valence-corrected chi connectivity index (χ1v) is 5.90. The molecule has 3 nitrogen and oxygen atoms in total. The van der Waals surface area contributed by atoms with E-state index in [9.17, 15) is 8.78 Å². The third-order valence-electron chi connectivity index (χ3n) is 2.38. The largest absolute Gasteiger partial charge is 0.436 e. The second kappa shape index (κ2) is 5.95. The second-order valence-corrected chi connectivity index (χ2v) is 4.23. The Bertz CT molecular complexity index is 593. The third-order valence-corrected chi connectivity index (χ3v) is 2.72. The predicted molar refractivity (Wildman–Crippen MR) is 68.4 cm³/mol. The molecular weight excluding hydrogens is 274 g/mol. The molecule has 0 aliphatic heterocycles. The Morgan fingerprint density at radius 3 is 2.84 bits per heavy atom. The molecule has 0 fully saturated rings. The van der Waals surface area contributed by atoms with Crippen LogP contribution in [0.2, 0.25) is 5.02 Å². The molecule has 6 heteroatoms. The van der Waals surface area contributed by atoms with Crippen molar-refractivity contribution in [2.24, 2.45) is 0 Å². The Balaban J connectivity index is 2.28. The molecule has 0 radical (unpaired) electrons. The monoisotopic (exact) mass is 284 g/mol. The molecule has 0 atom stereocenters. The Labute approximate surface area is 114 Å².